The smallest absolute Gasteiger partial charge is 0.163 e. The summed E-state index contributed by atoms with van der Waals surface area (Å²) in [5.74, 6) is 1.56. The lowest BCUT2D eigenvalue weighted by Crippen LogP contribution is -2.03. The number of carbonyl (C=O) groups excluding carboxylic acids is 1. The normalized spacial score (nSPS) is 10.2. The van der Waals surface area contributed by atoms with Crippen LogP contribution in [0.3, 0.4) is 0 Å². The largest absolute Gasteiger partial charge is 0.493 e. The number of ketones is 1. The van der Waals surface area contributed by atoms with Crippen molar-refractivity contribution in [1.82, 2.24) is 0 Å². The Morgan fingerprint density at radius 2 is 1.71 bits per heavy atom. The average molecular weight is 284 g/mol. The molecular weight excluding hydrogens is 264 g/mol. The van der Waals surface area contributed by atoms with Gasteiger partial charge in [-0.05, 0) is 36.6 Å². The van der Waals surface area contributed by atoms with Gasteiger partial charge < -0.3 is 9.47 Å². The minimum absolute atomic E-state index is 0.169. The van der Waals surface area contributed by atoms with Crippen molar-refractivity contribution in [3.05, 3.63) is 59.2 Å². The molecule has 0 heterocycles. The maximum absolute atomic E-state index is 12.3. The fourth-order valence-electron chi connectivity index (χ4n) is 2.31. The van der Waals surface area contributed by atoms with Crippen molar-refractivity contribution < 1.29 is 14.3 Å². The lowest BCUT2D eigenvalue weighted by Gasteiger charge is -2.09. The van der Waals surface area contributed by atoms with E-state index in [2.05, 4.69) is 0 Å². The van der Waals surface area contributed by atoms with E-state index in [0.29, 0.717) is 24.3 Å². The third-order valence-electron chi connectivity index (χ3n) is 3.53. The zero-order valence-electron chi connectivity index (χ0n) is 12.7. The van der Waals surface area contributed by atoms with Crippen molar-refractivity contribution in [2.75, 3.05) is 14.2 Å². The minimum atomic E-state index is 0.169. The van der Waals surface area contributed by atoms with Crippen LogP contribution in [0.15, 0.2) is 42.5 Å². The molecule has 0 fully saturated rings. The Bertz CT molecular complexity index is 632. The number of carbonyl (C=O) groups is 1. The number of ether oxygens (including phenoxy) is 2. The van der Waals surface area contributed by atoms with E-state index in [-0.39, 0.29) is 5.78 Å². The molecule has 0 aliphatic heterocycles. The van der Waals surface area contributed by atoms with Crippen LogP contribution >= 0.6 is 0 Å². The van der Waals surface area contributed by atoms with Crippen LogP contribution in [-0.2, 0) is 6.42 Å². The van der Waals surface area contributed by atoms with Gasteiger partial charge in [-0.15, -0.1) is 0 Å². The van der Waals surface area contributed by atoms with Crippen molar-refractivity contribution >= 4 is 5.78 Å². The molecule has 0 bridgehead atoms. The van der Waals surface area contributed by atoms with E-state index in [1.165, 1.54) is 0 Å². The predicted octanol–water partition coefficient (Wildman–Crippen LogP) is 3.83. The van der Waals surface area contributed by atoms with Crippen LogP contribution in [0.25, 0.3) is 0 Å². The van der Waals surface area contributed by atoms with E-state index < -0.39 is 0 Å². The Morgan fingerprint density at radius 3 is 2.38 bits per heavy atom. The van der Waals surface area contributed by atoms with Crippen LogP contribution in [0, 0.1) is 6.92 Å². The number of hydrogen-bond acceptors (Lipinski definition) is 3. The minimum Gasteiger partial charge on any atom is -0.493 e. The summed E-state index contributed by atoms with van der Waals surface area (Å²) in [6.07, 6.45) is 1.17. The fourth-order valence-corrected chi connectivity index (χ4v) is 2.31. The van der Waals surface area contributed by atoms with Gasteiger partial charge in [0.1, 0.15) is 0 Å². The molecule has 0 saturated carbocycles. The summed E-state index contributed by atoms with van der Waals surface area (Å²) in [4.78, 5) is 12.3. The zero-order valence-corrected chi connectivity index (χ0v) is 12.7. The van der Waals surface area contributed by atoms with Crippen molar-refractivity contribution in [3.8, 4) is 11.5 Å². The molecule has 110 valence electrons. The first-order chi connectivity index (χ1) is 10.2. The standard InChI is InChI=1S/C18H20O3/c1-13-6-4-5-7-15(13)16(19)10-8-14-9-11-17(20-2)18(12-14)21-3/h4-7,9,11-12H,8,10H2,1-3H3. The van der Waals surface area contributed by atoms with Crippen molar-refractivity contribution in [3.63, 3.8) is 0 Å². The number of benzene rings is 2. The van der Waals surface area contributed by atoms with Crippen molar-refractivity contribution in [1.29, 1.82) is 0 Å². The molecule has 2 aromatic rings. The van der Waals surface area contributed by atoms with Crippen molar-refractivity contribution in [2.45, 2.75) is 19.8 Å². The van der Waals surface area contributed by atoms with Gasteiger partial charge in [-0.2, -0.15) is 0 Å². The van der Waals surface area contributed by atoms with Gasteiger partial charge in [-0.3, -0.25) is 4.79 Å². The molecular formula is C18H20O3. The first-order valence-corrected chi connectivity index (χ1v) is 6.95. The maximum atomic E-state index is 12.3. The molecule has 0 aromatic heterocycles. The van der Waals surface area contributed by atoms with Gasteiger partial charge in [0.05, 0.1) is 14.2 Å². The summed E-state index contributed by atoms with van der Waals surface area (Å²) < 4.78 is 10.5. The molecule has 3 nitrogen and oxygen atoms in total. The molecule has 0 aliphatic rings. The number of Topliss-reactive ketones (excluding diaryl/α,β-unsaturated/α-hetero) is 1. The topological polar surface area (TPSA) is 35.5 Å². The van der Waals surface area contributed by atoms with Gasteiger partial charge in [0.15, 0.2) is 17.3 Å². The molecule has 2 aromatic carbocycles. The summed E-state index contributed by atoms with van der Waals surface area (Å²) in [6, 6.07) is 13.4. The second kappa shape index (κ2) is 6.93. The highest BCUT2D eigenvalue weighted by atomic mass is 16.5. The SMILES string of the molecule is COc1ccc(CCC(=O)c2ccccc2C)cc1OC. The highest BCUT2D eigenvalue weighted by molar-refractivity contribution is 5.97. The third kappa shape index (κ3) is 3.63. The maximum Gasteiger partial charge on any atom is 0.163 e. The monoisotopic (exact) mass is 284 g/mol. The number of rotatable bonds is 6. The summed E-state index contributed by atoms with van der Waals surface area (Å²) in [6.45, 7) is 1.96. The van der Waals surface area contributed by atoms with Gasteiger partial charge in [0.25, 0.3) is 0 Å². The molecule has 0 N–H and O–H groups in total. The molecule has 2 rings (SSSR count). The molecule has 0 amide bonds. The Morgan fingerprint density at radius 1 is 1.00 bits per heavy atom. The molecule has 3 heteroatoms. The van der Waals surface area contributed by atoms with Crippen LogP contribution < -0.4 is 9.47 Å². The van der Waals surface area contributed by atoms with Crippen LogP contribution in [0.4, 0.5) is 0 Å². The lowest BCUT2D eigenvalue weighted by atomic mass is 9.99. The Labute approximate surface area is 125 Å². The van der Waals surface area contributed by atoms with Gasteiger partial charge in [-0.1, -0.05) is 30.3 Å². The average Bonchev–Trinajstić information content (AvgIpc) is 2.52. The first-order valence-electron chi connectivity index (χ1n) is 6.95. The highest BCUT2D eigenvalue weighted by Gasteiger charge is 2.10. The summed E-state index contributed by atoms with van der Waals surface area (Å²) in [5, 5.41) is 0. The molecule has 0 radical (unpaired) electrons. The lowest BCUT2D eigenvalue weighted by molar-refractivity contribution is 0.0982. The fraction of sp³-hybridized carbons (Fsp3) is 0.278. The van der Waals surface area contributed by atoms with E-state index in [0.717, 1.165) is 16.7 Å². The van der Waals surface area contributed by atoms with E-state index in [9.17, 15) is 4.79 Å². The highest BCUT2D eigenvalue weighted by Crippen LogP contribution is 2.28. The molecule has 0 unspecified atom stereocenters. The predicted molar refractivity (Wildman–Crippen MR) is 83.4 cm³/mol. The number of methoxy groups -OCH3 is 2. The molecule has 0 saturated heterocycles. The molecule has 0 aliphatic carbocycles. The third-order valence-corrected chi connectivity index (χ3v) is 3.53. The van der Waals surface area contributed by atoms with Gasteiger partial charge in [0, 0.05) is 12.0 Å². The Hall–Kier alpha value is -2.29. The Balaban J connectivity index is 2.06. The summed E-state index contributed by atoms with van der Waals surface area (Å²) in [7, 11) is 3.22. The van der Waals surface area contributed by atoms with Crippen LogP contribution in [0.1, 0.15) is 27.9 Å². The molecule has 21 heavy (non-hydrogen) atoms. The number of hydrogen-bond donors (Lipinski definition) is 0. The van der Waals surface area contributed by atoms with E-state index in [4.69, 9.17) is 9.47 Å². The van der Waals surface area contributed by atoms with Crippen LogP contribution in [-0.4, -0.2) is 20.0 Å². The second-order valence-corrected chi connectivity index (χ2v) is 4.93. The van der Waals surface area contributed by atoms with Crippen LogP contribution in [0.5, 0.6) is 11.5 Å². The first kappa shape index (κ1) is 15.1. The zero-order chi connectivity index (χ0) is 15.2. The number of aryl methyl sites for hydroxylation is 2. The van der Waals surface area contributed by atoms with Crippen LogP contribution in [0.2, 0.25) is 0 Å². The summed E-state index contributed by atoms with van der Waals surface area (Å²) >= 11 is 0. The van der Waals surface area contributed by atoms with Gasteiger partial charge in [-0.25, -0.2) is 0 Å². The van der Waals surface area contributed by atoms with E-state index >= 15 is 0 Å². The second-order valence-electron chi connectivity index (χ2n) is 4.93. The van der Waals surface area contributed by atoms with Gasteiger partial charge in [0.2, 0.25) is 0 Å². The Kier molecular flexibility index (Phi) is 4.99. The van der Waals surface area contributed by atoms with Crippen molar-refractivity contribution in [2.24, 2.45) is 0 Å². The van der Waals surface area contributed by atoms with E-state index in [1.807, 2.05) is 49.4 Å². The van der Waals surface area contributed by atoms with E-state index in [1.54, 1.807) is 14.2 Å². The van der Waals surface area contributed by atoms with Gasteiger partial charge >= 0.3 is 0 Å². The quantitative estimate of drug-likeness (QED) is 0.756. The summed E-state index contributed by atoms with van der Waals surface area (Å²) in [5.41, 5.74) is 2.89. The molecule has 0 atom stereocenters. The molecule has 0 spiro atoms.